The Kier molecular flexibility index (Phi) is 21.0. The van der Waals surface area contributed by atoms with Crippen molar-refractivity contribution >= 4 is 51.3 Å². The maximum absolute atomic E-state index is 5.68. The Hall–Kier alpha value is 0.350. The number of thiocarbonyl (C=S) groups is 1. The van der Waals surface area contributed by atoms with Crippen LogP contribution in [0.3, 0.4) is 0 Å². The summed E-state index contributed by atoms with van der Waals surface area (Å²) < 4.78 is 0. The van der Waals surface area contributed by atoms with Gasteiger partial charge in [-0.1, -0.05) is 32.3 Å². The lowest BCUT2D eigenvalue weighted by molar-refractivity contribution is 0.397. The fourth-order valence-electron chi connectivity index (χ4n) is 2.00. The Morgan fingerprint density at radius 1 is 1.32 bits per heavy atom. The maximum Gasteiger partial charge on any atom is 0.163 e. The molecule has 6 heteroatoms. The normalized spacial score (nSPS) is 12.5. The number of rotatable bonds is 10. The maximum atomic E-state index is 5.68. The van der Waals surface area contributed by atoms with E-state index >= 15 is 0 Å². The molecule has 0 spiro atoms. The lowest BCUT2D eigenvalue weighted by atomic mass is 9.92. The SMILES string of the molecule is Br.Br.C=CC[C@@H](CCCC)CCC(CN)NC(N)=S. The third kappa shape index (κ3) is 14.6. The van der Waals surface area contributed by atoms with Crippen molar-refractivity contribution in [2.24, 2.45) is 17.4 Å². The summed E-state index contributed by atoms with van der Waals surface area (Å²) >= 11 is 4.83. The summed E-state index contributed by atoms with van der Waals surface area (Å²) in [7, 11) is 0. The molecule has 0 fully saturated rings. The number of nitrogens with one attached hydrogen (secondary N) is 1. The van der Waals surface area contributed by atoms with Crippen molar-refractivity contribution < 1.29 is 0 Å². The van der Waals surface area contributed by atoms with Crippen molar-refractivity contribution in [1.29, 1.82) is 0 Å². The highest BCUT2D eigenvalue weighted by atomic mass is 79.9. The molecule has 3 nitrogen and oxygen atoms in total. The van der Waals surface area contributed by atoms with Crippen LogP contribution in [0.4, 0.5) is 0 Å². The van der Waals surface area contributed by atoms with Gasteiger partial charge in [-0.25, -0.2) is 0 Å². The van der Waals surface area contributed by atoms with Crippen LogP contribution in [0.5, 0.6) is 0 Å². The van der Waals surface area contributed by atoms with E-state index in [2.05, 4.69) is 18.8 Å². The van der Waals surface area contributed by atoms with Gasteiger partial charge >= 0.3 is 0 Å². The average molecular weight is 419 g/mol. The van der Waals surface area contributed by atoms with Crippen LogP contribution in [0.15, 0.2) is 12.7 Å². The molecule has 0 radical (unpaired) electrons. The van der Waals surface area contributed by atoms with Gasteiger partial charge in [0.15, 0.2) is 5.11 Å². The molecule has 19 heavy (non-hydrogen) atoms. The van der Waals surface area contributed by atoms with Gasteiger partial charge in [-0.2, -0.15) is 0 Å². The highest BCUT2D eigenvalue weighted by Gasteiger charge is 2.11. The number of hydrogen-bond acceptors (Lipinski definition) is 2. The summed E-state index contributed by atoms with van der Waals surface area (Å²) in [5.41, 5.74) is 11.1. The molecule has 0 amide bonds. The minimum absolute atomic E-state index is 0. The molecule has 0 rings (SSSR count). The first-order chi connectivity index (χ1) is 8.13. The van der Waals surface area contributed by atoms with Gasteiger partial charge in [-0.3, -0.25) is 0 Å². The molecule has 0 heterocycles. The average Bonchev–Trinajstić information content (AvgIpc) is 2.30. The summed E-state index contributed by atoms with van der Waals surface area (Å²) in [6.45, 7) is 6.62. The molecule has 0 aliphatic carbocycles. The highest BCUT2D eigenvalue weighted by Crippen LogP contribution is 2.19. The van der Waals surface area contributed by atoms with E-state index in [1.165, 1.54) is 19.3 Å². The van der Waals surface area contributed by atoms with E-state index in [0.29, 0.717) is 11.7 Å². The monoisotopic (exact) mass is 417 g/mol. The van der Waals surface area contributed by atoms with E-state index < -0.39 is 0 Å². The smallest absolute Gasteiger partial charge is 0.163 e. The Labute approximate surface area is 144 Å². The van der Waals surface area contributed by atoms with E-state index in [1.54, 1.807) is 0 Å². The van der Waals surface area contributed by atoms with E-state index in [4.69, 9.17) is 23.7 Å². The Balaban J connectivity index is -0.00000128. The molecule has 5 N–H and O–H groups in total. The zero-order valence-corrected chi connectivity index (χ0v) is 16.0. The summed E-state index contributed by atoms with van der Waals surface area (Å²) in [6, 6.07) is 0.210. The van der Waals surface area contributed by atoms with Crippen LogP contribution < -0.4 is 16.8 Å². The molecule has 0 saturated heterocycles. The Morgan fingerprint density at radius 2 is 1.95 bits per heavy atom. The van der Waals surface area contributed by atoms with Gasteiger partial charge in [0, 0.05) is 12.6 Å². The zero-order chi connectivity index (χ0) is 13.1. The topological polar surface area (TPSA) is 64.1 Å². The molecule has 0 bridgehead atoms. The molecule has 0 aromatic rings. The predicted molar refractivity (Wildman–Crippen MR) is 100 cm³/mol. The van der Waals surface area contributed by atoms with Gasteiger partial charge in [-0.05, 0) is 37.4 Å². The van der Waals surface area contributed by atoms with Gasteiger partial charge in [0.1, 0.15) is 0 Å². The van der Waals surface area contributed by atoms with Crippen molar-refractivity contribution in [1.82, 2.24) is 5.32 Å². The molecule has 0 aliphatic rings. The van der Waals surface area contributed by atoms with Crippen LogP contribution in [0, 0.1) is 5.92 Å². The van der Waals surface area contributed by atoms with Crippen LogP contribution in [-0.2, 0) is 0 Å². The second-order valence-electron chi connectivity index (χ2n) is 4.55. The number of hydrogen-bond donors (Lipinski definition) is 3. The third-order valence-corrected chi connectivity index (χ3v) is 3.14. The fourth-order valence-corrected chi connectivity index (χ4v) is 2.16. The number of unbranched alkanes of at least 4 members (excludes halogenated alkanes) is 1. The number of halogens is 2. The zero-order valence-electron chi connectivity index (χ0n) is 11.8. The van der Waals surface area contributed by atoms with Gasteiger partial charge in [0.05, 0.1) is 0 Å². The summed E-state index contributed by atoms with van der Waals surface area (Å²) in [6.07, 6.45) is 9.09. The second kappa shape index (κ2) is 16.4. The molecule has 116 valence electrons. The van der Waals surface area contributed by atoms with Gasteiger partial charge in [0.25, 0.3) is 0 Å². The quantitative estimate of drug-likeness (QED) is 0.375. The van der Waals surface area contributed by atoms with Crippen LogP contribution in [0.25, 0.3) is 0 Å². The standard InChI is InChI=1S/C13H27N3S.2BrH/c1-3-5-7-11(6-4-2)8-9-12(10-14)16-13(15)17;;/h4,11-12H,2-3,5-10,14H2,1H3,(H3,15,16,17);2*1H/t11-,12?;;/m0../s1. The molecule has 0 saturated carbocycles. The summed E-state index contributed by atoms with van der Waals surface area (Å²) in [5.74, 6) is 0.717. The fraction of sp³-hybridized carbons (Fsp3) is 0.769. The van der Waals surface area contributed by atoms with E-state index in [0.717, 1.165) is 25.2 Å². The summed E-state index contributed by atoms with van der Waals surface area (Å²) in [4.78, 5) is 0. The van der Waals surface area contributed by atoms with Crippen molar-refractivity contribution in [3.63, 3.8) is 0 Å². The predicted octanol–water partition coefficient (Wildman–Crippen LogP) is 3.47. The van der Waals surface area contributed by atoms with E-state index in [1.807, 2.05) is 6.08 Å². The van der Waals surface area contributed by atoms with Crippen molar-refractivity contribution in [2.75, 3.05) is 6.54 Å². The van der Waals surface area contributed by atoms with Crippen LogP contribution in [0.1, 0.15) is 45.4 Å². The molecular formula is C13H29Br2N3S. The van der Waals surface area contributed by atoms with Crippen molar-refractivity contribution in [2.45, 2.75) is 51.5 Å². The number of allylic oxidation sites excluding steroid dienone is 1. The minimum atomic E-state index is 0. The van der Waals surface area contributed by atoms with Gasteiger partial charge in [0.2, 0.25) is 0 Å². The minimum Gasteiger partial charge on any atom is -0.376 e. The van der Waals surface area contributed by atoms with Crippen LogP contribution in [-0.4, -0.2) is 17.7 Å². The molecule has 1 unspecified atom stereocenters. The Bertz CT molecular complexity index is 228. The number of nitrogens with two attached hydrogens (primary N) is 2. The first kappa shape index (κ1) is 24.4. The molecule has 0 aromatic carbocycles. The highest BCUT2D eigenvalue weighted by molar-refractivity contribution is 8.93. The van der Waals surface area contributed by atoms with E-state index in [9.17, 15) is 0 Å². The third-order valence-electron chi connectivity index (χ3n) is 3.02. The van der Waals surface area contributed by atoms with Crippen LogP contribution >= 0.6 is 46.2 Å². The lowest BCUT2D eigenvalue weighted by Gasteiger charge is -2.20. The van der Waals surface area contributed by atoms with Crippen molar-refractivity contribution in [3.05, 3.63) is 12.7 Å². The molecular weight excluding hydrogens is 390 g/mol. The molecule has 2 atom stereocenters. The van der Waals surface area contributed by atoms with Crippen LogP contribution in [0.2, 0.25) is 0 Å². The second-order valence-corrected chi connectivity index (χ2v) is 4.99. The largest absolute Gasteiger partial charge is 0.376 e. The van der Waals surface area contributed by atoms with Gasteiger partial charge in [-0.15, -0.1) is 40.5 Å². The lowest BCUT2D eigenvalue weighted by Crippen LogP contribution is -2.43. The van der Waals surface area contributed by atoms with Gasteiger partial charge < -0.3 is 16.8 Å². The molecule has 0 aliphatic heterocycles. The first-order valence-corrected chi connectivity index (χ1v) is 6.91. The Morgan fingerprint density at radius 3 is 2.37 bits per heavy atom. The first-order valence-electron chi connectivity index (χ1n) is 6.50. The molecule has 0 aromatic heterocycles. The van der Waals surface area contributed by atoms with E-state index in [-0.39, 0.29) is 40.0 Å². The van der Waals surface area contributed by atoms with Crippen molar-refractivity contribution in [3.8, 4) is 0 Å². The summed E-state index contributed by atoms with van der Waals surface area (Å²) in [5, 5.41) is 3.38.